The van der Waals surface area contributed by atoms with Gasteiger partial charge < -0.3 is 10.6 Å². The quantitative estimate of drug-likeness (QED) is 0.890. The molecule has 0 bridgehead atoms. The van der Waals surface area contributed by atoms with E-state index < -0.39 is 17.5 Å². The molecule has 4 nitrogen and oxygen atoms in total. The molecular weight excluding hydrogens is 276 g/mol. The van der Waals surface area contributed by atoms with Gasteiger partial charge in [0.2, 0.25) is 0 Å². The standard InChI is InChI=1S/C15H15F2N3O/c1-2-18-12-5-6-19-14(8-12)15(21)20-9-10-3-4-11(16)7-13(10)17/h3-8H,2,9H2,1H3,(H,18,19)(H,20,21). The lowest BCUT2D eigenvalue weighted by Gasteiger charge is -2.08. The van der Waals surface area contributed by atoms with E-state index in [-0.39, 0.29) is 17.8 Å². The molecule has 0 fully saturated rings. The summed E-state index contributed by atoms with van der Waals surface area (Å²) in [6.45, 7) is 2.64. The van der Waals surface area contributed by atoms with Crippen LogP contribution in [-0.2, 0) is 6.54 Å². The van der Waals surface area contributed by atoms with Gasteiger partial charge in [-0.05, 0) is 25.1 Å². The molecule has 2 N–H and O–H groups in total. The molecule has 110 valence electrons. The zero-order chi connectivity index (χ0) is 15.2. The topological polar surface area (TPSA) is 54.0 Å². The van der Waals surface area contributed by atoms with Crippen molar-refractivity contribution in [2.24, 2.45) is 0 Å². The number of benzene rings is 1. The van der Waals surface area contributed by atoms with Gasteiger partial charge in [0, 0.05) is 36.6 Å². The number of carbonyl (C=O) groups is 1. The van der Waals surface area contributed by atoms with Crippen LogP contribution in [0, 0.1) is 11.6 Å². The Morgan fingerprint density at radius 2 is 2.05 bits per heavy atom. The molecule has 1 aromatic heterocycles. The van der Waals surface area contributed by atoms with Gasteiger partial charge in [-0.15, -0.1) is 0 Å². The predicted octanol–water partition coefficient (Wildman–Crippen LogP) is 2.72. The first-order chi connectivity index (χ1) is 10.1. The van der Waals surface area contributed by atoms with Crippen molar-refractivity contribution in [3.8, 4) is 0 Å². The third-order valence-corrected chi connectivity index (χ3v) is 2.83. The second kappa shape index (κ2) is 6.78. The zero-order valence-corrected chi connectivity index (χ0v) is 11.5. The van der Waals surface area contributed by atoms with Crippen molar-refractivity contribution in [1.29, 1.82) is 0 Å². The maximum atomic E-state index is 13.5. The van der Waals surface area contributed by atoms with Crippen LogP contribution in [0.3, 0.4) is 0 Å². The highest BCUT2D eigenvalue weighted by molar-refractivity contribution is 5.93. The molecule has 1 amide bonds. The van der Waals surface area contributed by atoms with Crippen LogP contribution in [0.5, 0.6) is 0 Å². The summed E-state index contributed by atoms with van der Waals surface area (Å²) in [5.74, 6) is -1.76. The van der Waals surface area contributed by atoms with Crippen molar-refractivity contribution in [1.82, 2.24) is 10.3 Å². The van der Waals surface area contributed by atoms with Crippen LogP contribution in [0.4, 0.5) is 14.5 Å². The third kappa shape index (κ3) is 3.98. The average molecular weight is 291 g/mol. The molecule has 0 atom stereocenters. The van der Waals surface area contributed by atoms with Crippen molar-refractivity contribution in [2.45, 2.75) is 13.5 Å². The van der Waals surface area contributed by atoms with Gasteiger partial charge in [0.1, 0.15) is 17.3 Å². The first kappa shape index (κ1) is 14.9. The maximum absolute atomic E-state index is 13.5. The van der Waals surface area contributed by atoms with Crippen LogP contribution in [0.2, 0.25) is 0 Å². The Kier molecular flexibility index (Phi) is 4.81. The summed E-state index contributed by atoms with van der Waals surface area (Å²) in [5.41, 5.74) is 1.23. The van der Waals surface area contributed by atoms with Gasteiger partial charge in [-0.25, -0.2) is 8.78 Å². The van der Waals surface area contributed by atoms with Gasteiger partial charge >= 0.3 is 0 Å². The Hall–Kier alpha value is -2.50. The van der Waals surface area contributed by atoms with E-state index in [9.17, 15) is 13.6 Å². The van der Waals surface area contributed by atoms with E-state index in [4.69, 9.17) is 0 Å². The minimum Gasteiger partial charge on any atom is -0.385 e. The summed E-state index contributed by atoms with van der Waals surface area (Å²) in [7, 11) is 0. The smallest absolute Gasteiger partial charge is 0.270 e. The van der Waals surface area contributed by atoms with E-state index in [0.29, 0.717) is 0 Å². The van der Waals surface area contributed by atoms with Crippen LogP contribution < -0.4 is 10.6 Å². The lowest BCUT2D eigenvalue weighted by molar-refractivity contribution is 0.0945. The van der Waals surface area contributed by atoms with Crippen LogP contribution in [0.25, 0.3) is 0 Å². The number of hydrogen-bond donors (Lipinski definition) is 2. The van der Waals surface area contributed by atoms with Gasteiger partial charge in [0.15, 0.2) is 0 Å². The molecule has 0 aliphatic heterocycles. The van der Waals surface area contributed by atoms with E-state index >= 15 is 0 Å². The monoisotopic (exact) mass is 291 g/mol. The fourth-order valence-corrected chi connectivity index (χ4v) is 1.80. The molecule has 2 aromatic rings. The van der Waals surface area contributed by atoms with Gasteiger partial charge in [-0.3, -0.25) is 9.78 Å². The van der Waals surface area contributed by atoms with E-state index in [1.165, 1.54) is 12.3 Å². The van der Waals surface area contributed by atoms with Crippen molar-refractivity contribution in [3.63, 3.8) is 0 Å². The second-order valence-corrected chi connectivity index (χ2v) is 4.38. The van der Waals surface area contributed by atoms with E-state index in [0.717, 1.165) is 24.4 Å². The molecule has 0 aliphatic carbocycles. The van der Waals surface area contributed by atoms with E-state index in [2.05, 4.69) is 15.6 Å². The highest BCUT2D eigenvalue weighted by Crippen LogP contribution is 2.10. The van der Waals surface area contributed by atoms with Gasteiger partial charge in [-0.2, -0.15) is 0 Å². The number of aromatic nitrogens is 1. The number of nitrogens with one attached hydrogen (secondary N) is 2. The number of nitrogens with zero attached hydrogens (tertiary/aromatic N) is 1. The van der Waals surface area contributed by atoms with Crippen LogP contribution in [-0.4, -0.2) is 17.4 Å². The SMILES string of the molecule is CCNc1ccnc(C(=O)NCc2ccc(F)cc2F)c1. The highest BCUT2D eigenvalue weighted by Gasteiger charge is 2.09. The first-order valence-electron chi connectivity index (χ1n) is 6.52. The predicted molar refractivity (Wildman–Crippen MR) is 75.9 cm³/mol. The maximum Gasteiger partial charge on any atom is 0.270 e. The number of hydrogen-bond acceptors (Lipinski definition) is 3. The van der Waals surface area contributed by atoms with Crippen molar-refractivity contribution >= 4 is 11.6 Å². The summed E-state index contributed by atoms with van der Waals surface area (Å²) < 4.78 is 26.2. The lowest BCUT2D eigenvalue weighted by Crippen LogP contribution is -2.24. The molecule has 2 rings (SSSR count). The molecular formula is C15H15F2N3O. The molecule has 0 unspecified atom stereocenters. The Morgan fingerprint density at radius 3 is 2.76 bits per heavy atom. The fourth-order valence-electron chi connectivity index (χ4n) is 1.80. The normalized spacial score (nSPS) is 10.2. The van der Waals surface area contributed by atoms with Crippen LogP contribution in [0.15, 0.2) is 36.5 Å². The Labute approximate surface area is 121 Å². The number of halogens is 2. The van der Waals surface area contributed by atoms with Crippen LogP contribution in [0.1, 0.15) is 23.0 Å². The Bertz CT molecular complexity index is 647. The molecule has 0 saturated heterocycles. The molecule has 6 heteroatoms. The zero-order valence-electron chi connectivity index (χ0n) is 11.5. The molecule has 0 aliphatic rings. The van der Waals surface area contributed by atoms with E-state index in [1.54, 1.807) is 12.1 Å². The Balaban J connectivity index is 2.02. The number of carbonyl (C=O) groups excluding carboxylic acids is 1. The molecule has 0 saturated carbocycles. The van der Waals surface area contributed by atoms with Gasteiger partial charge in [0.05, 0.1) is 0 Å². The van der Waals surface area contributed by atoms with Crippen molar-refractivity contribution in [2.75, 3.05) is 11.9 Å². The van der Waals surface area contributed by atoms with Crippen LogP contribution >= 0.6 is 0 Å². The summed E-state index contributed by atoms with van der Waals surface area (Å²) in [6.07, 6.45) is 1.52. The van der Waals surface area contributed by atoms with Gasteiger partial charge in [0.25, 0.3) is 5.91 Å². The minimum atomic E-state index is -0.690. The average Bonchev–Trinajstić information content (AvgIpc) is 2.47. The summed E-state index contributed by atoms with van der Waals surface area (Å²) in [6, 6.07) is 6.59. The largest absolute Gasteiger partial charge is 0.385 e. The Morgan fingerprint density at radius 1 is 1.24 bits per heavy atom. The third-order valence-electron chi connectivity index (χ3n) is 2.83. The van der Waals surface area contributed by atoms with Gasteiger partial charge in [-0.1, -0.05) is 6.07 Å². The summed E-state index contributed by atoms with van der Waals surface area (Å²) in [4.78, 5) is 15.9. The summed E-state index contributed by atoms with van der Waals surface area (Å²) in [5, 5.41) is 5.62. The number of amides is 1. The molecule has 1 aromatic carbocycles. The lowest BCUT2D eigenvalue weighted by atomic mass is 10.2. The molecule has 21 heavy (non-hydrogen) atoms. The minimum absolute atomic E-state index is 0.0297. The molecule has 1 heterocycles. The number of rotatable bonds is 5. The van der Waals surface area contributed by atoms with Crippen molar-refractivity contribution < 1.29 is 13.6 Å². The number of anilines is 1. The highest BCUT2D eigenvalue weighted by atomic mass is 19.1. The van der Waals surface area contributed by atoms with Crippen molar-refractivity contribution in [3.05, 3.63) is 59.4 Å². The number of pyridine rings is 1. The second-order valence-electron chi connectivity index (χ2n) is 4.38. The first-order valence-corrected chi connectivity index (χ1v) is 6.52. The van der Waals surface area contributed by atoms with E-state index in [1.807, 2.05) is 6.92 Å². The molecule has 0 spiro atoms. The summed E-state index contributed by atoms with van der Waals surface area (Å²) >= 11 is 0. The fraction of sp³-hybridized carbons (Fsp3) is 0.200. The molecule has 0 radical (unpaired) electrons.